The molecule has 0 aliphatic rings. The number of nitrogens with two attached hydrogens (primary N) is 1. The van der Waals surface area contributed by atoms with Crippen LogP contribution >= 0.6 is 0 Å². The molecule has 0 aliphatic heterocycles. The molecule has 0 aliphatic carbocycles. The van der Waals surface area contributed by atoms with E-state index in [0.29, 0.717) is 19.4 Å². The summed E-state index contributed by atoms with van der Waals surface area (Å²) in [6, 6.07) is 6.29. The summed E-state index contributed by atoms with van der Waals surface area (Å²) in [6.07, 6.45) is 0.872. The fourth-order valence-electron chi connectivity index (χ4n) is 1.44. The number of rotatable bonds is 5. The van der Waals surface area contributed by atoms with Gasteiger partial charge in [0.15, 0.2) is 0 Å². The molecule has 1 rings (SSSR count). The number of carbonyl (C=O) groups is 1. The second-order valence-corrected chi connectivity index (χ2v) is 4.77. The summed E-state index contributed by atoms with van der Waals surface area (Å²) in [5.74, 6) is -0.338. The van der Waals surface area contributed by atoms with E-state index < -0.39 is 0 Å². The molecule has 0 spiro atoms. The molecule has 4 heteroatoms. The third-order valence-electron chi connectivity index (χ3n) is 2.52. The summed E-state index contributed by atoms with van der Waals surface area (Å²) in [5.41, 5.74) is 5.95. The highest BCUT2D eigenvalue weighted by Crippen LogP contribution is 2.07. The lowest BCUT2D eigenvalue weighted by Gasteiger charge is -2.24. The van der Waals surface area contributed by atoms with Crippen LogP contribution in [0.3, 0.4) is 0 Å². The molecule has 0 bridgehead atoms. The van der Waals surface area contributed by atoms with Gasteiger partial charge in [0.25, 0.3) is 0 Å². The van der Waals surface area contributed by atoms with Crippen molar-refractivity contribution in [3.05, 3.63) is 35.6 Å². The number of hydrogen-bond donors (Lipinski definition) is 2. The van der Waals surface area contributed by atoms with Gasteiger partial charge in [-0.2, -0.15) is 0 Å². The Bertz CT molecular complexity index is 391. The molecule has 0 heterocycles. The predicted octanol–water partition coefficient (Wildman–Crippen LogP) is 1.61. The van der Waals surface area contributed by atoms with Gasteiger partial charge in [-0.3, -0.25) is 4.79 Å². The van der Waals surface area contributed by atoms with Crippen LogP contribution in [-0.4, -0.2) is 18.0 Å². The normalized spacial score (nSPS) is 11.3. The Hall–Kier alpha value is -1.42. The second-order valence-electron chi connectivity index (χ2n) is 4.77. The van der Waals surface area contributed by atoms with Crippen LogP contribution < -0.4 is 11.1 Å². The van der Waals surface area contributed by atoms with Gasteiger partial charge in [-0.05, 0) is 38.0 Å². The van der Waals surface area contributed by atoms with E-state index in [1.165, 1.54) is 12.1 Å². The maximum Gasteiger partial charge on any atom is 0.220 e. The largest absolute Gasteiger partial charge is 0.350 e. The molecular weight excluding hydrogens is 219 g/mol. The van der Waals surface area contributed by atoms with E-state index in [1.54, 1.807) is 6.07 Å². The molecule has 0 atom stereocenters. The highest BCUT2D eigenvalue weighted by Gasteiger charge is 2.17. The van der Waals surface area contributed by atoms with Crippen LogP contribution in [-0.2, 0) is 11.2 Å². The van der Waals surface area contributed by atoms with Crippen LogP contribution in [0.15, 0.2) is 24.3 Å². The van der Waals surface area contributed by atoms with Gasteiger partial charge in [-0.15, -0.1) is 0 Å². The van der Waals surface area contributed by atoms with E-state index in [0.717, 1.165) is 5.56 Å². The standard InChI is InChI=1S/C13H19FN2O/c1-13(2,9-15)16-12(17)7-6-10-4-3-5-11(14)8-10/h3-5,8H,6-7,9,15H2,1-2H3,(H,16,17). The minimum absolute atomic E-state index is 0.0651. The molecule has 1 aromatic rings. The minimum Gasteiger partial charge on any atom is -0.350 e. The molecule has 94 valence electrons. The summed E-state index contributed by atoms with van der Waals surface area (Å²) in [6.45, 7) is 4.12. The maximum absolute atomic E-state index is 12.9. The maximum atomic E-state index is 12.9. The summed E-state index contributed by atoms with van der Waals surface area (Å²) < 4.78 is 12.9. The highest BCUT2D eigenvalue weighted by molar-refractivity contribution is 5.77. The Balaban J connectivity index is 2.44. The van der Waals surface area contributed by atoms with Gasteiger partial charge in [-0.1, -0.05) is 12.1 Å². The van der Waals surface area contributed by atoms with E-state index in [-0.39, 0.29) is 17.3 Å². The van der Waals surface area contributed by atoms with E-state index >= 15 is 0 Å². The summed E-state index contributed by atoms with van der Waals surface area (Å²) in [4.78, 5) is 11.6. The third kappa shape index (κ3) is 4.95. The van der Waals surface area contributed by atoms with Crippen LogP contribution in [0.1, 0.15) is 25.8 Å². The summed E-state index contributed by atoms with van der Waals surface area (Å²) >= 11 is 0. The molecule has 3 N–H and O–H groups in total. The number of carbonyl (C=O) groups excluding carboxylic acids is 1. The lowest BCUT2D eigenvalue weighted by Crippen LogP contribution is -2.48. The predicted molar refractivity (Wildman–Crippen MR) is 66.0 cm³/mol. The zero-order valence-electron chi connectivity index (χ0n) is 10.3. The fraction of sp³-hybridized carbons (Fsp3) is 0.462. The smallest absolute Gasteiger partial charge is 0.220 e. The molecule has 0 saturated heterocycles. The van der Waals surface area contributed by atoms with E-state index in [2.05, 4.69) is 5.32 Å². The second kappa shape index (κ2) is 5.77. The first kappa shape index (κ1) is 13.6. The number of benzene rings is 1. The number of amides is 1. The van der Waals surface area contributed by atoms with Crippen LogP contribution in [0.25, 0.3) is 0 Å². The average molecular weight is 238 g/mol. The van der Waals surface area contributed by atoms with Gasteiger partial charge in [-0.25, -0.2) is 4.39 Å². The lowest BCUT2D eigenvalue weighted by atomic mass is 10.0. The van der Waals surface area contributed by atoms with Crippen LogP contribution in [0, 0.1) is 5.82 Å². The van der Waals surface area contributed by atoms with Gasteiger partial charge < -0.3 is 11.1 Å². The Labute approximate surface area is 101 Å². The van der Waals surface area contributed by atoms with E-state index in [9.17, 15) is 9.18 Å². The molecule has 0 saturated carbocycles. The van der Waals surface area contributed by atoms with Crippen molar-refractivity contribution in [2.24, 2.45) is 5.73 Å². The van der Waals surface area contributed by atoms with Crippen molar-refractivity contribution in [3.8, 4) is 0 Å². The van der Waals surface area contributed by atoms with Crippen LogP contribution in [0.2, 0.25) is 0 Å². The lowest BCUT2D eigenvalue weighted by molar-refractivity contribution is -0.122. The number of halogens is 1. The molecule has 1 aromatic carbocycles. The average Bonchev–Trinajstić information content (AvgIpc) is 2.26. The number of hydrogen-bond acceptors (Lipinski definition) is 2. The Morgan fingerprint density at radius 3 is 2.76 bits per heavy atom. The summed E-state index contributed by atoms with van der Waals surface area (Å²) in [5, 5.41) is 2.83. The van der Waals surface area contributed by atoms with Crippen LogP contribution in [0.5, 0.6) is 0 Å². The van der Waals surface area contributed by atoms with E-state index in [4.69, 9.17) is 5.73 Å². The van der Waals surface area contributed by atoms with Gasteiger partial charge in [0.05, 0.1) is 0 Å². The molecule has 0 radical (unpaired) electrons. The molecular formula is C13H19FN2O. The highest BCUT2D eigenvalue weighted by atomic mass is 19.1. The summed E-state index contributed by atoms with van der Waals surface area (Å²) in [7, 11) is 0. The molecule has 3 nitrogen and oxygen atoms in total. The van der Waals surface area contributed by atoms with Crippen molar-refractivity contribution in [1.29, 1.82) is 0 Å². The third-order valence-corrected chi connectivity index (χ3v) is 2.52. The topological polar surface area (TPSA) is 55.1 Å². The van der Waals surface area contributed by atoms with Crippen molar-refractivity contribution in [2.45, 2.75) is 32.2 Å². The molecule has 0 fully saturated rings. The Morgan fingerprint density at radius 1 is 1.47 bits per heavy atom. The zero-order chi connectivity index (χ0) is 12.9. The Morgan fingerprint density at radius 2 is 2.18 bits per heavy atom. The van der Waals surface area contributed by atoms with Crippen LogP contribution in [0.4, 0.5) is 4.39 Å². The van der Waals surface area contributed by atoms with Crippen molar-refractivity contribution in [3.63, 3.8) is 0 Å². The van der Waals surface area contributed by atoms with Gasteiger partial charge >= 0.3 is 0 Å². The van der Waals surface area contributed by atoms with Crippen molar-refractivity contribution < 1.29 is 9.18 Å². The zero-order valence-corrected chi connectivity index (χ0v) is 10.3. The van der Waals surface area contributed by atoms with Gasteiger partial charge in [0.2, 0.25) is 5.91 Å². The minimum atomic E-state index is -0.390. The van der Waals surface area contributed by atoms with E-state index in [1.807, 2.05) is 19.9 Å². The number of aryl methyl sites for hydroxylation is 1. The van der Waals surface area contributed by atoms with Crippen molar-refractivity contribution >= 4 is 5.91 Å². The Kier molecular flexibility index (Phi) is 4.63. The molecule has 17 heavy (non-hydrogen) atoms. The quantitative estimate of drug-likeness (QED) is 0.819. The molecule has 0 aromatic heterocycles. The monoisotopic (exact) mass is 238 g/mol. The fourth-order valence-corrected chi connectivity index (χ4v) is 1.44. The van der Waals surface area contributed by atoms with Gasteiger partial charge in [0, 0.05) is 18.5 Å². The first-order chi connectivity index (χ1) is 7.93. The molecule has 0 unspecified atom stereocenters. The number of nitrogens with one attached hydrogen (secondary N) is 1. The SMILES string of the molecule is CC(C)(CN)NC(=O)CCc1cccc(F)c1. The molecule has 1 amide bonds. The van der Waals surface area contributed by atoms with Gasteiger partial charge in [0.1, 0.15) is 5.82 Å². The first-order valence-corrected chi connectivity index (χ1v) is 5.68. The first-order valence-electron chi connectivity index (χ1n) is 5.68. The van der Waals surface area contributed by atoms with Crippen molar-refractivity contribution in [1.82, 2.24) is 5.32 Å². The van der Waals surface area contributed by atoms with Crippen molar-refractivity contribution in [2.75, 3.05) is 6.54 Å².